The molecule has 104 valence electrons. The van der Waals surface area contributed by atoms with Crippen molar-refractivity contribution in [1.82, 2.24) is 9.55 Å². The van der Waals surface area contributed by atoms with Crippen LogP contribution in [-0.4, -0.2) is 14.5 Å². The van der Waals surface area contributed by atoms with Crippen molar-refractivity contribution in [1.29, 1.82) is 0 Å². The van der Waals surface area contributed by atoms with Crippen LogP contribution in [0.3, 0.4) is 0 Å². The zero-order valence-electron chi connectivity index (χ0n) is 11.0. The number of aromatic nitrogens is 2. The summed E-state index contributed by atoms with van der Waals surface area (Å²) in [6, 6.07) is 5.22. The van der Waals surface area contributed by atoms with Gasteiger partial charge >= 0.3 is 5.69 Å². The van der Waals surface area contributed by atoms with Crippen molar-refractivity contribution < 1.29 is 9.31 Å². The number of nitrogens with zero attached hydrogens (tertiary/aromatic N) is 3. The largest absolute Gasteiger partial charge is 0.305 e. The van der Waals surface area contributed by atoms with Crippen molar-refractivity contribution in [3.63, 3.8) is 0 Å². The maximum Gasteiger partial charge on any atom is 0.305 e. The van der Waals surface area contributed by atoms with Crippen molar-refractivity contribution in [2.24, 2.45) is 0 Å². The third-order valence-electron chi connectivity index (χ3n) is 2.91. The maximum atomic E-state index is 14.0. The number of hydrogen-bond donors (Lipinski definition) is 0. The van der Waals surface area contributed by atoms with Gasteiger partial charge in [-0.1, -0.05) is 12.1 Å². The van der Waals surface area contributed by atoms with Gasteiger partial charge in [-0.15, -0.1) is 0 Å². The normalized spacial score (nSPS) is 10.6. The van der Waals surface area contributed by atoms with E-state index in [1.54, 1.807) is 13.8 Å². The van der Waals surface area contributed by atoms with Crippen LogP contribution < -0.4 is 5.56 Å². The molecule has 0 radical (unpaired) electrons. The molecule has 1 heterocycles. The van der Waals surface area contributed by atoms with E-state index >= 15 is 0 Å². The molecular formula is C13H12FN3O3. The van der Waals surface area contributed by atoms with Crippen LogP contribution in [-0.2, 0) is 6.54 Å². The van der Waals surface area contributed by atoms with E-state index in [2.05, 4.69) is 4.98 Å². The van der Waals surface area contributed by atoms with Crippen molar-refractivity contribution in [3.05, 3.63) is 67.6 Å². The zero-order valence-corrected chi connectivity index (χ0v) is 11.0. The summed E-state index contributed by atoms with van der Waals surface area (Å²) in [4.78, 5) is 25.9. The topological polar surface area (TPSA) is 78.0 Å². The highest BCUT2D eigenvalue weighted by molar-refractivity contribution is 5.37. The molecule has 0 aliphatic rings. The van der Waals surface area contributed by atoms with Gasteiger partial charge in [0.1, 0.15) is 5.82 Å². The van der Waals surface area contributed by atoms with Crippen LogP contribution >= 0.6 is 0 Å². The maximum absolute atomic E-state index is 14.0. The van der Waals surface area contributed by atoms with Gasteiger partial charge in [0.15, 0.2) is 0 Å². The van der Waals surface area contributed by atoms with Crippen LogP contribution in [0.1, 0.15) is 17.1 Å². The molecule has 2 aromatic rings. The van der Waals surface area contributed by atoms with E-state index in [4.69, 9.17) is 0 Å². The lowest BCUT2D eigenvalue weighted by Gasteiger charge is -2.10. The van der Waals surface area contributed by atoms with Crippen LogP contribution in [0.5, 0.6) is 0 Å². The van der Waals surface area contributed by atoms with E-state index in [9.17, 15) is 19.3 Å². The second-order valence-electron chi connectivity index (χ2n) is 4.38. The molecule has 2 rings (SSSR count). The van der Waals surface area contributed by atoms with Crippen molar-refractivity contribution in [2.75, 3.05) is 0 Å². The number of aryl methyl sites for hydroxylation is 2. The van der Waals surface area contributed by atoms with Gasteiger partial charge in [-0.05, 0) is 13.8 Å². The van der Waals surface area contributed by atoms with Crippen LogP contribution in [0.15, 0.2) is 29.1 Å². The van der Waals surface area contributed by atoms with Gasteiger partial charge in [-0.3, -0.25) is 19.5 Å². The Morgan fingerprint density at radius 1 is 1.40 bits per heavy atom. The smallest absolute Gasteiger partial charge is 0.292 e. The molecule has 7 heteroatoms. The van der Waals surface area contributed by atoms with Crippen LogP contribution in [0.25, 0.3) is 0 Å². The number of benzene rings is 1. The summed E-state index contributed by atoms with van der Waals surface area (Å²) in [5, 5.41) is 10.7. The minimum atomic E-state index is -0.927. The first-order chi connectivity index (χ1) is 9.40. The number of hydrogen-bond acceptors (Lipinski definition) is 4. The molecule has 0 amide bonds. The molecule has 0 fully saturated rings. The van der Waals surface area contributed by atoms with Gasteiger partial charge in [0.05, 0.1) is 11.5 Å². The Labute approximate surface area is 113 Å². The van der Waals surface area contributed by atoms with E-state index in [-0.39, 0.29) is 17.7 Å². The van der Waals surface area contributed by atoms with Crippen molar-refractivity contribution in [3.8, 4) is 0 Å². The number of rotatable bonds is 3. The molecule has 0 unspecified atom stereocenters. The monoisotopic (exact) mass is 277 g/mol. The van der Waals surface area contributed by atoms with Gasteiger partial charge < -0.3 is 0 Å². The Bertz CT molecular complexity index is 740. The standard InChI is InChI=1S/C13H12FN3O3/c1-8-6-12(18)16(9(2)15-8)7-10-4-3-5-11(13(10)14)17(19)20/h3-6H,7H2,1-2H3. The summed E-state index contributed by atoms with van der Waals surface area (Å²) in [6.45, 7) is 3.22. The molecule has 1 aromatic heterocycles. The van der Waals surface area contributed by atoms with Gasteiger partial charge in [0.2, 0.25) is 5.82 Å². The fourth-order valence-electron chi connectivity index (χ4n) is 1.96. The summed E-state index contributed by atoms with van der Waals surface area (Å²) in [7, 11) is 0. The first kappa shape index (κ1) is 13.9. The SMILES string of the molecule is Cc1cc(=O)n(Cc2cccc([N+](=O)[O-])c2F)c(C)n1. The minimum absolute atomic E-state index is 0.0788. The second kappa shape index (κ2) is 5.20. The van der Waals surface area contributed by atoms with E-state index in [0.717, 1.165) is 6.07 Å². The quantitative estimate of drug-likeness (QED) is 0.634. The minimum Gasteiger partial charge on any atom is -0.292 e. The molecule has 0 saturated heterocycles. The average Bonchev–Trinajstić information content (AvgIpc) is 2.35. The zero-order chi connectivity index (χ0) is 14.9. The second-order valence-corrected chi connectivity index (χ2v) is 4.38. The Hall–Kier alpha value is -2.57. The van der Waals surface area contributed by atoms with Gasteiger partial charge in [0, 0.05) is 23.4 Å². The van der Waals surface area contributed by atoms with Crippen LogP contribution in [0.2, 0.25) is 0 Å². The molecule has 0 bridgehead atoms. The number of nitro groups is 1. The lowest BCUT2D eigenvalue weighted by Crippen LogP contribution is -2.24. The molecule has 0 aliphatic heterocycles. The Balaban J connectivity index is 2.49. The van der Waals surface area contributed by atoms with Crippen molar-refractivity contribution >= 4 is 5.69 Å². The van der Waals surface area contributed by atoms with E-state index < -0.39 is 16.4 Å². The van der Waals surface area contributed by atoms with Crippen LogP contribution in [0.4, 0.5) is 10.1 Å². The third-order valence-corrected chi connectivity index (χ3v) is 2.91. The molecule has 0 spiro atoms. The highest BCUT2D eigenvalue weighted by atomic mass is 19.1. The molecule has 6 nitrogen and oxygen atoms in total. The van der Waals surface area contributed by atoms with Gasteiger partial charge in [0.25, 0.3) is 5.56 Å². The molecule has 1 aromatic carbocycles. The summed E-state index contributed by atoms with van der Waals surface area (Å²) in [5.74, 6) is -0.495. The Morgan fingerprint density at radius 3 is 2.70 bits per heavy atom. The molecule has 0 N–H and O–H groups in total. The third kappa shape index (κ3) is 2.56. The summed E-state index contributed by atoms with van der Waals surface area (Å²) in [6.07, 6.45) is 0. The fourth-order valence-corrected chi connectivity index (χ4v) is 1.96. The van der Waals surface area contributed by atoms with E-state index in [1.807, 2.05) is 0 Å². The predicted molar refractivity (Wildman–Crippen MR) is 70.1 cm³/mol. The summed E-state index contributed by atoms with van der Waals surface area (Å²) in [5.41, 5.74) is -0.271. The Morgan fingerprint density at radius 2 is 2.10 bits per heavy atom. The number of nitro benzene ring substituents is 1. The predicted octanol–water partition coefficient (Wildman–Crippen LogP) is 1.96. The summed E-state index contributed by atoms with van der Waals surface area (Å²) >= 11 is 0. The Kier molecular flexibility index (Phi) is 3.60. The first-order valence-corrected chi connectivity index (χ1v) is 5.87. The van der Waals surface area contributed by atoms with E-state index in [0.29, 0.717) is 11.5 Å². The molecule has 0 aliphatic carbocycles. The van der Waals surface area contributed by atoms with Gasteiger partial charge in [-0.25, -0.2) is 4.98 Å². The first-order valence-electron chi connectivity index (χ1n) is 5.87. The lowest BCUT2D eigenvalue weighted by atomic mass is 10.2. The molecule has 0 saturated carbocycles. The molecule has 20 heavy (non-hydrogen) atoms. The van der Waals surface area contributed by atoms with Crippen LogP contribution in [0, 0.1) is 29.8 Å². The van der Waals surface area contributed by atoms with E-state index in [1.165, 1.54) is 22.8 Å². The highest BCUT2D eigenvalue weighted by Gasteiger charge is 2.18. The highest BCUT2D eigenvalue weighted by Crippen LogP contribution is 2.20. The average molecular weight is 277 g/mol. The number of halogens is 1. The van der Waals surface area contributed by atoms with Gasteiger partial charge in [-0.2, -0.15) is 4.39 Å². The summed E-state index contributed by atoms with van der Waals surface area (Å²) < 4.78 is 15.2. The van der Waals surface area contributed by atoms with Crippen molar-refractivity contribution in [2.45, 2.75) is 20.4 Å². The lowest BCUT2D eigenvalue weighted by molar-refractivity contribution is -0.387. The fraction of sp³-hybridized carbons (Fsp3) is 0.231. The molecule has 0 atom stereocenters. The molecular weight excluding hydrogens is 265 g/mol.